The van der Waals surface area contributed by atoms with E-state index >= 15 is 0 Å². The predicted molar refractivity (Wildman–Crippen MR) is 161 cm³/mol. The molecular formula is C30H39BN5OP. The molecule has 0 saturated heterocycles. The van der Waals surface area contributed by atoms with Gasteiger partial charge in [-0.1, -0.05) is 64.1 Å². The van der Waals surface area contributed by atoms with Crippen molar-refractivity contribution < 1.29 is 4.79 Å². The van der Waals surface area contributed by atoms with Crippen molar-refractivity contribution in [2.45, 2.75) is 65.5 Å². The highest BCUT2D eigenvalue weighted by molar-refractivity contribution is 7.21. The zero-order valence-electron chi connectivity index (χ0n) is 23.5. The molecule has 2 aliphatic rings. The van der Waals surface area contributed by atoms with Crippen LogP contribution in [-0.2, 0) is 18.6 Å². The summed E-state index contributed by atoms with van der Waals surface area (Å²) in [6.45, 7) is 11.5. The number of nitrogens with one attached hydrogen (secondary N) is 1. The second-order valence-electron chi connectivity index (χ2n) is 10.8. The van der Waals surface area contributed by atoms with Gasteiger partial charge >= 0.3 is 6.03 Å². The molecule has 2 heterocycles. The van der Waals surface area contributed by atoms with E-state index in [9.17, 15) is 4.79 Å². The van der Waals surface area contributed by atoms with Gasteiger partial charge in [-0.15, -0.1) is 9.24 Å². The molecule has 0 spiro atoms. The number of nitrogens with zero attached hydrogens (tertiary/aromatic N) is 4. The fourth-order valence-electron chi connectivity index (χ4n) is 4.99. The summed E-state index contributed by atoms with van der Waals surface area (Å²) in [4.78, 5) is 24.7. The van der Waals surface area contributed by atoms with Gasteiger partial charge in [-0.3, -0.25) is 4.90 Å². The van der Waals surface area contributed by atoms with Crippen LogP contribution < -0.4 is 5.32 Å². The van der Waals surface area contributed by atoms with Crippen molar-refractivity contribution in [1.29, 1.82) is 0 Å². The second kappa shape index (κ2) is 11.4. The van der Waals surface area contributed by atoms with Crippen LogP contribution in [0.25, 0.3) is 11.4 Å². The van der Waals surface area contributed by atoms with E-state index in [2.05, 4.69) is 66.5 Å². The summed E-state index contributed by atoms with van der Waals surface area (Å²) in [6, 6.07) is 8.09. The van der Waals surface area contributed by atoms with Crippen LogP contribution in [0.1, 0.15) is 65.1 Å². The quantitative estimate of drug-likeness (QED) is 0.252. The minimum atomic E-state index is -0.587. The zero-order valence-corrected chi connectivity index (χ0v) is 24.7. The normalized spacial score (nSPS) is 18.4. The predicted octanol–water partition coefficient (Wildman–Crippen LogP) is 6.21. The van der Waals surface area contributed by atoms with Crippen LogP contribution in [0.5, 0.6) is 0 Å². The van der Waals surface area contributed by atoms with Gasteiger partial charge in [-0.25, -0.2) is 14.8 Å². The van der Waals surface area contributed by atoms with Crippen LogP contribution in [0.2, 0.25) is 0 Å². The van der Waals surface area contributed by atoms with Crippen molar-refractivity contribution >= 4 is 28.8 Å². The number of benzene rings is 1. The number of allylic oxidation sites excluding steroid dienone is 4. The first-order valence-electron chi connectivity index (χ1n) is 13.4. The van der Waals surface area contributed by atoms with Gasteiger partial charge in [0.05, 0.1) is 20.1 Å². The maximum Gasteiger partial charge on any atom is 0.323 e. The minimum absolute atomic E-state index is 0.115. The average molecular weight is 527 g/mol. The Kier molecular flexibility index (Phi) is 8.47. The fraction of sp³-hybridized carbons (Fsp3) is 0.433. The molecule has 0 fully saturated rings. The highest BCUT2D eigenvalue weighted by Crippen LogP contribution is 2.31. The number of aliphatic imine (C=N–C) groups is 1. The first-order valence-corrected chi connectivity index (χ1v) is 14.0. The van der Waals surface area contributed by atoms with Gasteiger partial charge in [-0.05, 0) is 59.4 Å². The lowest BCUT2D eigenvalue weighted by molar-refractivity contribution is 0.204. The third kappa shape index (κ3) is 6.04. The molecule has 1 aliphatic carbocycles. The Morgan fingerprint density at radius 2 is 2.00 bits per heavy atom. The summed E-state index contributed by atoms with van der Waals surface area (Å²) >= 11 is 0. The molecule has 38 heavy (non-hydrogen) atoms. The number of urea groups is 1. The molecule has 0 saturated carbocycles. The Morgan fingerprint density at radius 1 is 1.29 bits per heavy atom. The molecule has 1 N–H and O–H groups in total. The molecule has 2 amide bonds. The SMILES string of the molecule is [B]C(C)(P)c1cn(C)c(-c2ccc(CN3C(=O)NCC(CC)=C3N=C(C)C3=C(C(C)C)C=CCC3)cc2)n1. The maximum atomic E-state index is 13.1. The van der Waals surface area contributed by atoms with Crippen LogP contribution in [0.4, 0.5) is 4.79 Å². The molecule has 198 valence electrons. The van der Waals surface area contributed by atoms with Crippen molar-refractivity contribution in [2.75, 3.05) is 6.54 Å². The van der Waals surface area contributed by atoms with Crippen LogP contribution in [0.3, 0.4) is 0 Å². The Balaban J connectivity index is 1.64. The van der Waals surface area contributed by atoms with Crippen molar-refractivity contribution in [2.24, 2.45) is 18.0 Å². The Bertz CT molecular complexity index is 1330. The molecule has 1 aliphatic heterocycles. The molecule has 2 aromatic rings. The van der Waals surface area contributed by atoms with Gasteiger partial charge in [0.2, 0.25) is 0 Å². The summed E-state index contributed by atoms with van der Waals surface area (Å²) in [5.41, 5.74) is 7.62. The number of imidazole rings is 1. The molecule has 0 bridgehead atoms. The molecule has 8 heteroatoms. The maximum absolute atomic E-state index is 13.1. The van der Waals surface area contributed by atoms with Gasteiger partial charge < -0.3 is 9.88 Å². The van der Waals surface area contributed by atoms with E-state index in [4.69, 9.17) is 17.8 Å². The lowest BCUT2D eigenvalue weighted by Gasteiger charge is -2.31. The van der Waals surface area contributed by atoms with E-state index in [1.54, 1.807) is 4.90 Å². The standard InChI is InChI=1S/C30H39BN5OP/c1-7-22-16-32-29(37)36(28(22)33-20(4)25-11-9-8-10-24(25)19(2)3)17-21-12-14-23(15-13-21)27-34-26(18-35(27)6)30(5,31)38/h8,10,12-15,18-19H,7,9,11,16-17,38H2,1-6H3,(H,32,37). The van der Waals surface area contributed by atoms with E-state index in [1.165, 1.54) is 11.1 Å². The van der Waals surface area contributed by atoms with Crippen molar-refractivity contribution in [3.8, 4) is 11.4 Å². The fourth-order valence-corrected chi connectivity index (χ4v) is 5.13. The lowest BCUT2D eigenvalue weighted by Crippen LogP contribution is -2.44. The van der Waals surface area contributed by atoms with Crippen LogP contribution in [0, 0.1) is 5.92 Å². The van der Waals surface area contributed by atoms with Crippen molar-refractivity contribution in [3.05, 3.63) is 76.4 Å². The molecule has 1 aromatic carbocycles. The Morgan fingerprint density at radius 3 is 2.61 bits per heavy atom. The highest BCUT2D eigenvalue weighted by atomic mass is 31.0. The van der Waals surface area contributed by atoms with Gasteiger partial charge in [-0.2, -0.15) is 0 Å². The molecule has 6 nitrogen and oxygen atoms in total. The van der Waals surface area contributed by atoms with E-state index in [0.29, 0.717) is 19.0 Å². The van der Waals surface area contributed by atoms with Crippen LogP contribution in [0.15, 0.2) is 70.1 Å². The van der Waals surface area contributed by atoms with Crippen LogP contribution in [-0.4, -0.2) is 40.6 Å². The molecule has 2 unspecified atom stereocenters. The van der Waals surface area contributed by atoms with E-state index in [0.717, 1.165) is 59.0 Å². The second-order valence-corrected chi connectivity index (χ2v) is 12.0. The summed E-state index contributed by atoms with van der Waals surface area (Å²) in [5.74, 6) is 2.06. The Hall–Kier alpha value is -2.92. The number of hydrogen-bond donors (Lipinski definition) is 1. The van der Waals surface area contributed by atoms with Crippen molar-refractivity contribution in [3.63, 3.8) is 0 Å². The molecule has 2 radical (unpaired) electrons. The lowest BCUT2D eigenvalue weighted by atomic mass is 9.85. The summed E-state index contributed by atoms with van der Waals surface area (Å²) in [6.07, 6.45) is 9.27. The summed E-state index contributed by atoms with van der Waals surface area (Å²) in [7, 11) is 10.8. The topological polar surface area (TPSA) is 62.5 Å². The largest absolute Gasteiger partial charge is 0.334 e. The number of aryl methyl sites for hydroxylation is 1. The smallest absolute Gasteiger partial charge is 0.323 e. The third-order valence-electron chi connectivity index (χ3n) is 7.22. The zero-order chi connectivity index (χ0) is 27.6. The van der Waals surface area contributed by atoms with Gasteiger partial charge in [0, 0.05) is 31.1 Å². The third-order valence-corrected chi connectivity index (χ3v) is 7.51. The number of aromatic nitrogens is 2. The molecule has 1 aromatic heterocycles. The van der Waals surface area contributed by atoms with E-state index < -0.39 is 5.06 Å². The van der Waals surface area contributed by atoms with Gasteiger partial charge in [0.15, 0.2) is 0 Å². The summed E-state index contributed by atoms with van der Waals surface area (Å²) < 4.78 is 1.99. The summed E-state index contributed by atoms with van der Waals surface area (Å²) in [5, 5.41) is 2.45. The average Bonchev–Trinajstić information content (AvgIpc) is 3.28. The van der Waals surface area contributed by atoms with Crippen LogP contribution >= 0.6 is 9.24 Å². The number of rotatable bonds is 8. The Labute approximate surface area is 231 Å². The number of carbonyl (C=O) groups is 1. The number of hydrogen-bond acceptors (Lipinski definition) is 3. The van der Waals surface area contributed by atoms with E-state index in [1.807, 2.05) is 36.9 Å². The van der Waals surface area contributed by atoms with Crippen molar-refractivity contribution in [1.82, 2.24) is 19.8 Å². The van der Waals surface area contributed by atoms with E-state index in [-0.39, 0.29) is 6.03 Å². The first kappa shape index (κ1) is 28.1. The molecule has 4 rings (SSSR count). The molecular weight excluding hydrogens is 488 g/mol. The number of carbonyl (C=O) groups excluding carboxylic acids is 1. The monoisotopic (exact) mass is 527 g/mol. The minimum Gasteiger partial charge on any atom is -0.334 e. The molecule has 2 atom stereocenters. The highest BCUT2D eigenvalue weighted by Gasteiger charge is 2.27. The van der Waals surface area contributed by atoms with Gasteiger partial charge in [0.25, 0.3) is 0 Å². The van der Waals surface area contributed by atoms with Gasteiger partial charge in [0.1, 0.15) is 11.6 Å². The first-order chi connectivity index (χ1) is 18.0. The number of amides is 2.